The number of fused-ring (bicyclic) bond motifs is 1. The summed E-state index contributed by atoms with van der Waals surface area (Å²) in [5.74, 6) is 1.39. The molecule has 168 valence electrons. The van der Waals surface area contributed by atoms with Gasteiger partial charge in [0.05, 0.1) is 12.0 Å². The van der Waals surface area contributed by atoms with Crippen LogP contribution in [0, 0.1) is 0 Å². The van der Waals surface area contributed by atoms with Crippen LogP contribution in [0.1, 0.15) is 36.5 Å². The standard InChI is InChI=1S/C25H24N4OS3/c1-17(2)19-12-10-18(11-13-19)14-26-27-23(30)16-32-25-29-28-24(33-25)31-15-21-8-5-7-20-6-3-4-9-22(20)21/h3-14,17H,15-16H2,1-2H3,(H,27,30)/b26-14-. The molecule has 0 fully saturated rings. The molecular formula is C25H24N4OS3. The lowest BCUT2D eigenvalue weighted by atomic mass is 10.0. The molecule has 4 aromatic rings. The third kappa shape index (κ3) is 6.66. The van der Waals surface area contributed by atoms with E-state index in [0.717, 1.165) is 20.0 Å². The molecule has 1 amide bonds. The summed E-state index contributed by atoms with van der Waals surface area (Å²) in [7, 11) is 0. The van der Waals surface area contributed by atoms with Crippen molar-refractivity contribution in [2.24, 2.45) is 5.10 Å². The molecule has 0 unspecified atom stereocenters. The van der Waals surface area contributed by atoms with Gasteiger partial charge in [-0.2, -0.15) is 5.10 Å². The average Bonchev–Trinajstić information content (AvgIpc) is 3.29. The van der Waals surface area contributed by atoms with Gasteiger partial charge in [0.25, 0.3) is 5.91 Å². The van der Waals surface area contributed by atoms with E-state index >= 15 is 0 Å². The van der Waals surface area contributed by atoms with E-state index in [-0.39, 0.29) is 11.7 Å². The lowest BCUT2D eigenvalue weighted by Crippen LogP contribution is -2.19. The number of rotatable bonds is 9. The maximum Gasteiger partial charge on any atom is 0.250 e. The molecule has 0 bridgehead atoms. The fourth-order valence-electron chi connectivity index (χ4n) is 3.18. The van der Waals surface area contributed by atoms with Crippen LogP contribution in [0.3, 0.4) is 0 Å². The van der Waals surface area contributed by atoms with Crippen LogP contribution in [-0.4, -0.2) is 28.1 Å². The topological polar surface area (TPSA) is 67.2 Å². The van der Waals surface area contributed by atoms with Crippen molar-refractivity contribution in [3.8, 4) is 0 Å². The van der Waals surface area contributed by atoms with Crippen molar-refractivity contribution in [2.75, 3.05) is 5.75 Å². The van der Waals surface area contributed by atoms with Crippen LogP contribution in [0.25, 0.3) is 10.8 Å². The number of nitrogens with zero attached hydrogens (tertiary/aromatic N) is 3. The first-order chi connectivity index (χ1) is 16.1. The van der Waals surface area contributed by atoms with E-state index in [1.165, 1.54) is 45.0 Å². The summed E-state index contributed by atoms with van der Waals surface area (Å²) in [6.45, 7) is 4.32. The Kier molecular flexibility index (Phi) is 8.15. The van der Waals surface area contributed by atoms with Gasteiger partial charge in [-0.15, -0.1) is 10.2 Å². The first-order valence-electron chi connectivity index (χ1n) is 10.6. The normalized spacial score (nSPS) is 11.5. The molecule has 1 heterocycles. The third-order valence-electron chi connectivity index (χ3n) is 4.95. The molecule has 0 radical (unpaired) electrons. The minimum Gasteiger partial charge on any atom is -0.272 e. The average molecular weight is 493 g/mol. The highest BCUT2D eigenvalue weighted by atomic mass is 32.2. The minimum absolute atomic E-state index is 0.171. The van der Waals surface area contributed by atoms with Crippen LogP contribution in [0.4, 0.5) is 0 Å². The Morgan fingerprint density at radius 1 is 1.00 bits per heavy atom. The molecule has 1 N–H and O–H groups in total. The predicted octanol–water partition coefficient (Wildman–Crippen LogP) is 6.35. The van der Waals surface area contributed by atoms with Gasteiger partial charge in [-0.25, -0.2) is 5.43 Å². The Bertz CT molecular complexity index is 1250. The van der Waals surface area contributed by atoms with Crippen LogP contribution in [0.5, 0.6) is 0 Å². The van der Waals surface area contributed by atoms with Gasteiger partial charge in [0.1, 0.15) is 0 Å². The molecule has 0 aliphatic heterocycles. The monoisotopic (exact) mass is 492 g/mol. The Labute approximate surface area is 206 Å². The van der Waals surface area contributed by atoms with E-state index < -0.39 is 0 Å². The fraction of sp³-hybridized carbons (Fsp3) is 0.200. The summed E-state index contributed by atoms with van der Waals surface area (Å²) in [6, 6.07) is 22.9. The summed E-state index contributed by atoms with van der Waals surface area (Å²) in [5.41, 5.74) is 6.07. The van der Waals surface area contributed by atoms with Gasteiger partial charge in [-0.05, 0) is 33.4 Å². The van der Waals surface area contributed by atoms with Gasteiger partial charge in [0, 0.05) is 5.75 Å². The zero-order chi connectivity index (χ0) is 23.0. The number of aromatic nitrogens is 2. The number of carbonyl (C=O) groups is 1. The van der Waals surface area contributed by atoms with Crippen LogP contribution >= 0.6 is 34.9 Å². The molecule has 5 nitrogen and oxygen atoms in total. The second-order valence-electron chi connectivity index (χ2n) is 7.66. The Hall–Kier alpha value is -2.68. The summed E-state index contributed by atoms with van der Waals surface area (Å²) >= 11 is 4.54. The van der Waals surface area contributed by atoms with Crippen LogP contribution in [-0.2, 0) is 10.5 Å². The number of thioether (sulfide) groups is 2. The van der Waals surface area contributed by atoms with Crippen molar-refractivity contribution in [1.82, 2.24) is 15.6 Å². The Balaban J connectivity index is 1.23. The maximum atomic E-state index is 12.1. The van der Waals surface area contributed by atoms with Gasteiger partial charge in [-0.1, -0.05) is 115 Å². The second kappa shape index (κ2) is 11.4. The molecule has 0 spiro atoms. The van der Waals surface area contributed by atoms with Crippen molar-refractivity contribution >= 4 is 57.8 Å². The molecule has 8 heteroatoms. The van der Waals surface area contributed by atoms with Crippen molar-refractivity contribution in [1.29, 1.82) is 0 Å². The highest BCUT2D eigenvalue weighted by Crippen LogP contribution is 2.32. The van der Waals surface area contributed by atoms with Crippen LogP contribution < -0.4 is 5.43 Å². The van der Waals surface area contributed by atoms with Gasteiger partial charge in [0.2, 0.25) is 0 Å². The number of hydrogen-bond donors (Lipinski definition) is 1. The Morgan fingerprint density at radius 2 is 1.73 bits per heavy atom. The van der Waals surface area contributed by atoms with Crippen molar-refractivity contribution < 1.29 is 4.79 Å². The fourth-order valence-corrected chi connectivity index (χ4v) is 5.99. The van der Waals surface area contributed by atoms with Gasteiger partial charge in [0.15, 0.2) is 8.68 Å². The van der Waals surface area contributed by atoms with Crippen LogP contribution in [0.2, 0.25) is 0 Å². The molecule has 0 saturated carbocycles. The van der Waals surface area contributed by atoms with E-state index in [1.807, 2.05) is 12.1 Å². The summed E-state index contributed by atoms with van der Waals surface area (Å²) in [4.78, 5) is 12.1. The number of nitrogens with one attached hydrogen (secondary N) is 1. The molecule has 0 saturated heterocycles. The lowest BCUT2D eigenvalue weighted by molar-refractivity contribution is -0.118. The smallest absolute Gasteiger partial charge is 0.250 e. The number of hydrogen-bond acceptors (Lipinski definition) is 7. The molecular weight excluding hydrogens is 469 g/mol. The van der Waals surface area contributed by atoms with Crippen molar-refractivity contribution in [3.05, 3.63) is 83.4 Å². The largest absolute Gasteiger partial charge is 0.272 e. The summed E-state index contributed by atoms with van der Waals surface area (Å²) < 4.78 is 1.67. The number of benzene rings is 3. The van der Waals surface area contributed by atoms with E-state index in [4.69, 9.17) is 0 Å². The Morgan fingerprint density at radius 3 is 2.52 bits per heavy atom. The molecule has 3 aromatic carbocycles. The van der Waals surface area contributed by atoms with E-state index in [1.54, 1.807) is 18.0 Å². The van der Waals surface area contributed by atoms with Crippen molar-refractivity contribution in [2.45, 2.75) is 34.2 Å². The molecule has 0 atom stereocenters. The van der Waals surface area contributed by atoms with Gasteiger partial charge in [-0.3, -0.25) is 4.79 Å². The molecule has 0 aliphatic rings. The van der Waals surface area contributed by atoms with Gasteiger partial charge >= 0.3 is 0 Å². The first-order valence-corrected chi connectivity index (χ1v) is 13.3. The molecule has 4 rings (SSSR count). The zero-order valence-electron chi connectivity index (χ0n) is 18.4. The highest BCUT2D eigenvalue weighted by Gasteiger charge is 2.09. The van der Waals surface area contributed by atoms with Gasteiger partial charge < -0.3 is 0 Å². The third-order valence-corrected chi connectivity index (χ3v) is 8.19. The highest BCUT2D eigenvalue weighted by molar-refractivity contribution is 8.03. The quantitative estimate of drug-likeness (QED) is 0.168. The predicted molar refractivity (Wildman–Crippen MR) is 140 cm³/mol. The minimum atomic E-state index is -0.171. The van der Waals surface area contributed by atoms with E-state index in [2.05, 4.69) is 89.2 Å². The maximum absolute atomic E-state index is 12.1. The SMILES string of the molecule is CC(C)c1ccc(/C=N\NC(=O)CSc2nnc(SCc3cccc4ccccc34)s2)cc1. The second-order valence-corrected chi connectivity index (χ2v) is 11.1. The zero-order valence-corrected chi connectivity index (χ0v) is 20.8. The number of carbonyl (C=O) groups excluding carboxylic acids is 1. The van der Waals surface area contributed by atoms with E-state index in [0.29, 0.717) is 5.92 Å². The molecule has 1 aromatic heterocycles. The number of amides is 1. The number of hydrazone groups is 1. The van der Waals surface area contributed by atoms with Crippen LogP contribution in [0.15, 0.2) is 80.5 Å². The first kappa shape index (κ1) is 23.5. The van der Waals surface area contributed by atoms with Crippen molar-refractivity contribution in [3.63, 3.8) is 0 Å². The lowest BCUT2D eigenvalue weighted by Gasteiger charge is -2.04. The molecule has 0 aliphatic carbocycles. The summed E-state index contributed by atoms with van der Waals surface area (Å²) in [5, 5.41) is 15.0. The summed E-state index contributed by atoms with van der Waals surface area (Å²) in [6.07, 6.45) is 1.65. The molecule has 33 heavy (non-hydrogen) atoms. The van der Waals surface area contributed by atoms with E-state index in [9.17, 15) is 4.79 Å².